The molecule has 0 unspecified atom stereocenters. The van der Waals surface area contributed by atoms with Crippen LogP contribution >= 0.6 is 0 Å². The van der Waals surface area contributed by atoms with Gasteiger partial charge in [-0.2, -0.15) is 0 Å². The fourth-order valence-electron chi connectivity index (χ4n) is 2.10. The highest BCUT2D eigenvalue weighted by atomic mass is 16.3. The molecule has 0 saturated carbocycles. The van der Waals surface area contributed by atoms with Crippen molar-refractivity contribution in [2.75, 3.05) is 13.2 Å². The predicted molar refractivity (Wildman–Crippen MR) is 68.9 cm³/mol. The van der Waals surface area contributed by atoms with Gasteiger partial charge in [0.25, 0.3) is 5.91 Å². The van der Waals surface area contributed by atoms with Crippen molar-refractivity contribution in [1.82, 2.24) is 10.3 Å². The Morgan fingerprint density at radius 1 is 1.39 bits per heavy atom. The van der Waals surface area contributed by atoms with E-state index in [1.54, 1.807) is 6.92 Å². The fraction of sp³-hybridized carbons (Fsp3) is 0.538. The number of aromatic nitrogens is 1. The van der Waals surface area contributed by atoms with E-state index in [4.69, 9.17) is 5.11 Å². The molecule has 1 amide bonds. The fourth-order valence-corrected chi connectivity index (χ4v) is 2.10. The first-order valence-electron chi connectivity index (χ1n) is 6.14. The quantitative estimate of drug-likeness (QED) is 0.665. The zero-order valence-corrected chi connectivity index (χ0v) is 11.1. The summed E-state index contributed by atoms with van der Waals surface area (Å²) in [5.74, 6) is -0.309. The van der Waals surface area contributed by atoms with Crippen molar-refractivity contribution >= 4 is 11.7 Å². The summed E-state index contributed by atoms with van der Waals surface area (Å²) in [7, 11) is 0. The van der Waals surface area contributed by atoms with E-state index in [9.17, 15) is 9.59 Å². The van der Waals surface area contributed by atoms with Crippen molar-refractivity contribution in [1.29, 1.82) is 0 Å². The third kappa shape index (κ3) is 2.98. The number of carbonyl (C=O) groups excluding carboxylic acids is 2. The summed E-state index contributed by atoms with van der Waals surface area (Å²) in [5, 5.41) is 11.3. The molecular formula is C13H20N2O3. The number of aromatic amines is 1. The Balaban J connectivity index is 3.14. The molecule has 18 heavy (non-hydrogen) atoms. The monoisotopic (exact) mass is 252 g/mol. The third-order valence-corrected chi connectivity index (χ3v) is 2.77. The minimum Gasteiger partial charge on any atom is -0.395 e. The number of ketones is 1. The lowest BCUT2D eigenvalue weighted by atomic mass is 10.0. The number of Topliss-reactive ketones (excluding diaryl/α,β-unsaturated/α-hetero) is 1. The molecule has 0 aliphatic carbocycles. The molecule has 5 heteroatoms. The van der Waals surface area contributed by atoms with Crippen molar-refractivity contribution in [2.24, 2.45) is 0 Å². The second-order valence-electron chi connectivity index (χ2n) is 4.26. The summed E-state index contributed by atoms with van der Waals surface area (Å²) in [4.78, 5) is 26.5. The van der Waals surface area contributed by atoms with E-state index < -0.39 is 0 Å². The van der Waals surface area contributed by atoms with Crippen LogP contribution in [0.15, 0.2) is 0 Å². The summed E-state index contributed by atoms with van der Waals surface area (Å²) >= 11 is 0. The number of aryl methyl sites for hydroxylation is 1. The molecule has 1 heterocycles. The third-order valence-electron chi connectivity index (χ3n) is 2.77. The summed E-state index contributed by atoms with van der Waals surface area (Å²) in [6.45, 7) is 5.40. The highest BCUT2D eigenvalue weighted by molar-refractivity contribution is 6.02. The van der Waals surface area contributed by atoms with E-state index in [0.29, 0.717) is 17.7 Å². The maximum Gasteiger partial charge on any atom is 0.268 e. The van der Waals surface area contributed by atoms with Gasteiger partial charge in [0.05, 0.1) is 6.61 Å². The Hall–Kier alpha value is -1.62. The molecule has 0 aliphatic rings. The molecule has 1 rings (SSSR count). The lowest BCUT2D eigenvalue weighted by Crippen LogP contribution is -2.27. The molecule has 0 aliphatic heterocycles. The molecule has 1 aromatic heterocycles. The van der Waals surface area contributed by atoms with Gasteiger partial charge >= 0.3 is 0 Å². The van der Waals surface area contributed by atoms with Crippen LogP contribution in [0, 0.1) is 6.92 Å². The molecule has 1 aromatic rings. The van der Waals surface area contributed by atoms with Gasteiger partial charge in [-0.05, 0) is 25.8 Å². The van der Waals surface area contributed by atoms with Gasteiger partial charge in [0.2, 0.25) is 0 Å². The van der Waals surface area contributed by atoms with Gasteiger partial charge in [-0.25, -0.2) is 0 Å². The molecule has 0 fully saturated rings. The topological polar surface area (TPSA) is 82.2 Å². The number of aliphatic hydroxyl groups is 1. The molecule has 0 spiro atoms. The molecule has 0 aromatic carbocycles. The van der Waals surface area contributed by atoms with Gasteiger partial charge in [-0.1, -0.05) is 13.3 Å². The molecule has 0 radical (unpaired) electrons. The standard InChI is InChI=1S/C13H20N2O3/c1-4-5-10-11(9(3)17)8(2)15-12(10)13(18)14-6-7-16/h15-16H,4-7H2,1-3H3,(H,14,18). The smallest absolute Gasteiger partial charge is 0.268 e. The molecule has 100 valence electrons. The first-order chi connectivity index (χ1) is 8.52. The van der Waals surface area contributed by atoms with E-state index in [1.807, 2.05) is 6.92 Å². The Bertz CT molecular complexity index is 449. The zero-order chi connectivity index (χ0) is 13.7. The van der Waals surface area contributed by atoms with Crippen LogP contribution in [0.4, 0.5) is 0 Å². The summed E-state index contributed by atoms with van der Waals surface area (Å²) in [6.07, 6.45) is 1.54. The van der Waals surface area contributed by atoms with Crippen LogP contribution in [0.25, 0.3) is 0 Å². The van der Waals surface area contributed by atoms with Crippen molar-refractivity contribution in [3.05, 3.63) is 22.5 Å². The van der Waals surface area contributed by atoms with Gasteiger partial charge in [-0.3, -0.25) is 9.59 Å². The zero-order valence-electron chi connectivity index (χ0n) is 11.1. The lowest BCUT2D eigenvalue weighted by molar-refractivity contribution is 0.0939. The molecule has 0 saturated heterocycles. The average molecular weight is 252 g/mol. The Morgan fingerprint density at radius 3 is 2.56 bits per heavy atom. The number of aliphatic hydroxyl groups excluding tert-OH is 1. The predicted octanol–water partition coefficient (Wildman–Crippen LogP) is 1.20. The Morgan fingerprint density at radius 2 is 2.06 bits per heavy atom. The lowest BCUT2D eigenvalue weighted by Gasteiger charge is -2.05. The second kappa shape index (κ2) is 6.35. The average Bonchev–Trinajstić information content (AvgIpc) is 2.63. The van der Waals surface area contributed by atoms with Crippen molar-refractivity contribution in [3.8, 4) is 0 Å². The Labute approximate surface area is 107 Å². The number of amides is 1. The molecule has 3 N–H and O–H groups in total. The highest BCUT2D eigenvalue weighted by Crippen LogP contribution is 2.21. The van der Waals surface area contributed by atoms with Crippen LogP contribution in [0.1, 0.15) is 52.4 Å². The van der Waals surface area contributed by atoms with Gasteiger partial charge < -0.3 is 15.4 Å². The molecular weight excluding hydrogens is 232 g/mol. The van der Waals surface area contributed by atoms with Crippen molar-refractivity contribution in [2.45, 2.75) is 33.6 Å². The van der Waals surface area contributed by atoms with Gasteiger partial charge in [0, 0.05) is 17.8 Å². The summed E-state index contributed by atoms with van der Waals surface area (Å²) in [5.41, 5.74) is 2.55. The largest absolute Gasteiger partial charge is 0.395 e. The van der Waals surface area contributed by atoms with E-state index in [-0.39, 0.29) is 24.8 Å². The number of carbonyl (C=O) groups is 2. The number of hydrogen-bond donors (Lipinski definition) is 3. The normalized spacial score (nSPS) is 10.4. The van der Waals surface area contributed by atoms with E-state index in [1.165, 1.54) is 6.92 Å². The number of hydrogen-bond acceptors (Lipinski definition) is 3. The molecule has 0 atom stereocenters. The van der Waals surface area contributed by atoms with Crippen molar-refractivity contribution < 1.29 is 14.7 Å². The van der Waals surface area contributed by atoms with E-state index >= 15 is 0 Å². The number of rotatable bonds is 6. The van der Waals surface area contributed by atoms with Gasteiger partial charge in [0.1, 0.15) is 5.69 Å². The number of H-pyrrole nitrogens is 1. The first-order valence-corrected chi connectivity index (χ1v) is 6.14. The van der Waals surface area contributed by atoms with Crippen LogP contribution in [-0.2, 0) is 6.42 Å². The van der Waals surface area contributed by atoms with Crippen LogP contribution < -0.4 is 5.32 Å². The van der Waals surface area contributed by atoms with Crippen LogP contribution in [0.3, 0.4) is 0 Å². The Kier molecular flexibility index (Phi) is 5.09. The van der Waals surface area contributed by atoms with E-state index in [2.05, 4.69) is 10.3 Å². The molecule has 5 nitrogen and oxygen atoms in total. The minimum atomic E-state index is -0.275. The van der Waals surface area contributed by atoms with Crippen LogP contribution in [-0.4, -0.2) is 34.9 Å². The highest BCUT2D eigenvalue weighted by Gasteiger charge is 2.21. The van der Waals surface area contributed by atoms with Crippen LogP contribution in [0.5, 0.6) is 0 Å². The van der Waals surface area contributed by atoms with E-state index in [0.717, 1.165) is 17.7 Å². The number of nitrogens with one attached hydrogen (secondary N) is 2. The van der Waals surface area contributed by atoms with Crippen LogP contribution in [0.2, 0.25) is 0 Å². The SMILES string of the molecule is CCCc1c(C(=O)NCCO)[nH]c(C)c1C(C)=O. The minimum absolute atomic E-state index is 0.0339. The van der Waals surface area contributed by atoms with Crippen molar-refractivity contribution in [3.63, 3.8) is 0 Å². The summed E-state index contributed by atoms with van der Waals surface area (Å²) < 4.78 is 0. The molecule has 0 bridgehead atoms. The second-order valence-corrected chi connectivity index (χ2v) is 4.26. The first kappa shape index (κ1) is 14.4. The maximum atomic E-state index is 11.9. The summed E-state index contributed by atoms with van der Waals surface area (Å²) in [6, 6.07) is 0. The van der Waals surface area contributed by atoms with Gasteiger partial charge in [0.15, 0.2) is 5.78 Å². The maximum absolute atomic E-state index is 11.9. The van der Waals surface area contributed by atoms with Gasteiger partial charge in [-0.15, -0.1) is 0 Å².